The zero-order valence-electron chi connectivity index (χ0n) is 20.0. The minimum atomic E-state index is -0.0346. The molecule has 0 bridgehead atoms. The first-order valence-corrected chi connectivity index (χ1v) is 11.5. The number of hydrogen-bond donors (Lipinski definition) is 1. The van der Waals surface area contributed by atoms with Crippen molar-refractivity contribution in [3.63, 3.8) is 0 Å². The number of anilines is 1. The van der Waals surface area contributed by atoms with Crippen LogP contribution in [0, 0.1) is 6.92 Å². The standard InChI is InChI=1S/C26H32N4O4/c1-19-27-17-25(34-19)23-9-8-22(15-24(23)33-3)29-10-5-11-30(13-12-29)26(31)28-16-20-6-4-7-21(14-20)18-32-2/h4,6-9,14-15,17H,5,10-13,16,18H2,1-3H3,(H,28,31). The Morgan fingerprint density at radius 1 is 1.09 bits per heavy atom. The van der Waals surface area contributed by atoms with Gasteiger partial charge in [-0.2, -0.15) is 0 Å². The molecule has 0 unspecified atom stereocenters. The second-order valence-corrected chi connectivity index (χ2v) is 8.37. The smallest absolute Gasteiger partial charge is 0.317 e. The van der Waals surface area contributed by atoms with Gasteiger partial charge in [0, 0.05) is 58.5 Å². The van der Waals surface area contributed by atoms with Crippen LogP contribution in [0.1, 0.15) is 23.4 Å². The Morgan fingerprint density at radius 3 is 2.71 bits per heavy atom. The molecule has 3 aromatic rings. The van der Waals surface area contributed by atoms with Gasteiger partial charge in [-0.3, -0.25) is 0 Å². The van der Waals surface area contributed by atoms with Gasteiger partial charge in [-0.25, -0.2) is 9.78 Å². The van der Waals surface area contributed by atoms with E-state index in [4.69, 9.17) is 13.9 Å². The van der Waals surface area contributed by atoms with Crippen LogP contribution < -0.4 is 15.0 Å². The van der Waals surface area contributed by atoms with Gasteiger partial charge in [-0.1, -0.05) is 24.3 Å². The van der Waals surface area contributed by atoms with Crippen molar-refractivity contribution < 1.29 is 18.7 Å². The molecule has 0 spiro atoms. The molecule has 2 aromatic carbocycles. The molecule has 4 rings (SSSR count). The van der Waals surface area contributed by atoms with Crippen LogP contribution in [0.25, 0.3) is 11.3 Å². The Kier molecular flexibility index (Phi) is 7.69. The number of ether oxygens (including phenoxy) is 2. The minimum Gasteiger partial charge on any atom is -0.496 e. The first kappa shape index (κ1) is 23.6. The molecule has 1 saturated heterocycles. The fourth-order valence-corrected chi connectivity index (χ4v) is 4.23. The third kappa shape index (κ3) is 5.69. The largest absolute Gasteiger partial charge is 0.496 e. The van der Waals surface area contributed by atoms with Crippen molar-refractivity contribution in [3.8, 4) is 17.1 Å². The second-order valence-electron chi connectivity index (χ2n) is 8.37. The molecule has 0 saturated carbocycles. The van der Waals surface area contributed by atoms with Gasteiger partial charge in [-0.05, 0) is 29.7 Å². The highest BCUT2D eigenvalue weighted by Gasteiger charge is 2.20. The number of methoxy groups -OCH3 is 2. The average molecular weight is 465 g/mol. The minimum absolute atomic E-state index is 0.0346. The van der Waals surface area contributed by atoms with E-state index in [1.165, 1.54) is 0 Å². The van der Waals surface area contributed by atoms with E-state index in [9.17, 15) is 4.79 Å². The van der Waals surface area contributed by atoms with E-state index in [0.717, 1.165) is 54.2 Å². The lowest BCUT2D eigenvalue weighted by atomic mass is 10.1. The number of oxazole rings is 1. The molecule has 180 valence electrons. The van der Waals surface area contributed by atoms with Gasteiger partial charge in [0.1, 0.15) is 5.75 Å². The lowest BCUT2D eigenvalue weighted by molar-refractivity contribution is 0.185. The van der Waals surface area contributed by atoms with Crippen LogP contribution in [0.5, 0.6) is 5.75 Å². The van der Waals surface area contributed by atoms with E-state index in [-0.39, 0.29) is 6.03 Å². The number of nitrogens with zero attached hydrogens (tertiary/aromatic N) is 3. The van der Waals surface area contributed by atoms with E-state index in [1.807, 2.05) is 42.2 Å². The van der Waals surface area contributed by atoms with Crippen molar-refractivity contribution in [1.29, 1.82) is 0 Å². The highest BCUT2D eigenvalue weighted by atomic mass is 16.5. The topological polar surface area (TPSA) is 80.1 Å². The summed E-state index contributed by atoms with van der Waals surface area (Å²) >= 11 is 0. The summed E-state index contributed by atoms with van der Waals surface area (Å²) in [5, 5.41) is 3.06. The monoisotopic (exact) mass is 464 g/mol. The van der Waals surface area contributed by atoms with Crippen LogP contribution in [-0.2, 0) is 17.9 Å². The van der Waals surface area contributed by atoms with Crippen LogP contribution in [0.3, 0.4) is 0 Å². The molecular weight excluding hydrogens is 432 g/mol. The molecule has 1 aliphatic heterocycles. The summed E-state index contributed by atoms with van der Waals surface area (Å²) in [6.07, 6.45) is 2.60. The maximum atomic E-state index is 12.8. The molecular formula is C26H32N4O4. The zero-order chi connectivity index (χ0) is 23.9. The van der Waals surface area contributed by atoms with Gasteiger partial charge in [-0.15, -0.1) is 0 Å². The molecule has 1 N–H and O–H groups in total. The Hall–Kier alpha value is -3.52. The number of aryl methyl sites for hydroxylation is 1. The van der Waals surface area contributed by atoms with Crippen molar-refractivity contribution in [2.75, 3.05) is 45.3 Å². The molecule has 2 amide bonds. The fraction of sp³-hybridized carbons (Fsp3) is 0.385. The van der Waals surface area contributed by atoms with Crippen molar-refractivity contribution in [2.45, 2.75) is 26.5 Å². The SMILES string of the molecule is COCc1cccc(CNC(=O)N2CCCN(c3ccc(-c4cnc(C)o4)c(OC)c3)CC2)c1. The summed E-state index contributed by atoms with van der Waals surface area (Å²) < 4.78 is 16.5. The molecule has 8 nitrogen and oxygen atoms in total. The molecule has 8 heteroatoms. The molecule has 34 heavy (non-hydrogen) atoms. The predicted molar refractivity (Wildman–Crippen MR) is 131 cm³/mol. The lowest BCUT2D eigenvalue weighted by Gasteiger charge is -2.24. The quantitative estimate of drug-likeness (QED) is 0.564. The summed E-state index contributed by atoms with van der Waals surface area (Å²) in [4.78, 5) is 21.2. The normalized spacial score (nSPS) is 14.1. The van der Waals surface area contributed by atoms with E-state index in [0.29, 0.717) is 31.3 Å². The molecule has 2 heterocycles. The maximum Gasteiger partial charge on any atom is 0.317 e. The molecule has 0 aliphatic carbocycles. The average Bonchev–Trinajstić information content (AvgIpc) is 3.13. The van der Waals surface area contributed by atoms with Gasteiger partial charge >= 0.3 is 6.03 Å². The molecule has 0 radical (unpaired) electrons. The lowest BCUT2D eigenvalue weighted by Crippen LogP contribution is -2.41. The van der Waals surface area contributed by atoms with Crippen molar-refractivity contribution in [2.24, 2.45) is 0 Å². The first-order chi connectivity index (χ1) is 16.6. The summed E-state index contributed by atoms with van der Waals surface area (Å²) in [5.41, 5.74) is 4.10. The summed E-state index contributed by atoms with van der Waals surface area (Å²) in [5.74, 6) is 2.05. The second kappa shape index (κ2) is 11.1. The Morgan fingerprint density at radius 2 is 1.94 bits per heavy atom. The van der Waals surface area contributed by atoms with Crippen molar-refractivity contribution in [1.82, 2.24) is 15.2 Å². The highest BCUT2D eigenvalue weighted by molar-refractivity contribution is 5.74. The van der Waals surface area contributed by atoms with Crippen LogP contribution in [0.4, 0.5) is 10.5 Å². The number of carbonyl (C=O) groups excluding carboxylic acids is 1. The van der Waals surface area contributed by atoms with Crippen LogP contribution >= 0.6 is 0 Å². The molecule has 1 aromatic heterocycles. The number of hydrogen-bond acceptors (Lipinski definition) is 6. The summed E-state index contributed by atoms with van der Waals surface area (Å²) in [7, 11) is 3.34. The number of carbonyl (C=O) groups is 1. The van der Waals surface area contributed by atoms with Gasteiger partial charge in [0.25, 0.3) is 0 Å². The Balaban J connectivity index is 1.36. The van der Waals surface area contributed by atoms with Gasteiger partial charge in [0.2, 0.25) is 0 Å². The van der Waals surface area contributed by atoms with E-state index < -0.39 is 0 Å². The predicted octanol–water partition coefficient (Wildman–Crippen LogP) is 4.23. The molecule has 1 aliphatic rings. The third-order valence-corrected chi connectivity index (χ3v) is 5.97. The van der Waals surface area contributed by atoms with Crippen molar-refractivity contribution >= 4 is 11.7 Å². The third-order valence-electron chi connectivity index (χ3n) is 5.97. The van der Waals surface area contributed by atoms with Crippen LogP contribution in [0.2, 0.25) is 0 Å². The fourth-order valence-electron chi connectivity index (χ4n) is 4.23. The Labute approximate surface area is 200 Å². The summed E-state index contributed by atoms with van der Waals surface area (Å²) in [6.45, 7) is 5.87. The number of aromatic nitrogens is 1. The Bertz CT molecular complexity index is 1110. The number of amides is 2. The van der Waals surface area contributed by atoms with Crippen LogP contribution in [0.15, 0.2) is 53.1 Å². The van der Waals surface area contributed by atoms with Gasteiger partial charge in [0.05, 0.1) is 25.5 Å². The number of nitrogens with one attached hydrogen (secondary N) is 1. The van der Waals surface area contributed by atoms with Gasteiger partial charge < -0.3 is 29.0 Å². The zero-order valence-corrected chi connectivity index (χ0v) is 20.0. The number of urea groups is 1. The molecule has 0 atom stereocenters. The first-order valence-electron chi connectivity index (χ1n) is 11.5. The van der Waals surface area contributed by atoms with E-state index in [1.54, 1.807) is 20.4 Å². The van der Waals surface area contributed by atoms with Crippen molar-refractivity contribution in [3.05, 3.63) is 65.7 Å². The van der Waals surface area contributed by atoms with Gasteiger partial charge in [0.15, 0.2) is 11.7 Å². The number of rotatable bonds is 7. The highest BCUT2D eigenvalue weighted by Crippen LogP contribution is 2.34. The van der Waals surface area contributed by atoms with Crippen LogP contribution in [-0.4, -0.2) is 56.3 Å². The van der Waals surface area contributed by atoms with E-state index >= 15 is 0 Å². The summed E-state index contributed by atoms with van der Waals surface area (Å²) in [6, 6.07) is 14.1. The molecule has 1 fully saturated rings. The number of benzene rings is 2. The van der Waals surface area contributed by atoms with E-state index in [2.05, 4.69) is 27.3 Å². The maximum absolute atomic E-state index is 12.8.